The van der Waals surface area contributed by atoms with Gasteiger partial charge in [-0.25, -0.2) is 4.98 Å². The van der Waals surface area contributed by atoms with Crippen LogP contribution < -0.4 is 4.74 Å². The minimum absolute atomic E-state index is 0.0587. The Morgan fingerprint density at radius 2 is 2.12 bits per heavy atom. The molecule has 2 aliphatic heterocycles. The number of piperidine rings is 1. The van der Waals surface area contributed by atoms with Crippen molar-refractivity contribution in [3.8, 4) is 5.88 Å². The molecule has 1 amide bonds. The van der Waals surface area contributed by atoms with Crippen LogP contribution in [0.4, 0.5) is 0 Å². The van der Waals surface area contributed by atoms with Gasteiger partial charge < -0.3 is 14.7 Å². The summed E-state index contributed by atoms with van der Waals surface area (Å²) in [6.45, 7) is 4.83. The zero-order valence-corrected chi connectivity index (χ0v) is 14.8. The normalized spacial score (nSPS) is 23.2. The highest BCUT2D eigenvalue weighted by atomic mass is 16.5. The number of likely N-dealkylation sites (tertiary alicyclic amines) is 2. The fourth-order valence-electron chi connectivity index (χ4n) is 4.08. The molecule has 7 heteroatoms. The van der Waals surface area contributed by atoms with Crippen LogP contribution in [0.5, 0.6) is 5.88 Å². The Kier molecular flexibility index (Phi) is 4.94. The Labute approximate surface area is 147 Å². The molecule has 0 bridgehead atoms. The second-order valence-electron chi connectivity index (χ2n) is 6.87. The number of nitrogens with zero attached hydrogens (tertiary/aromatic N) is 3. The molecule has 0 saturated carbocycles. The molecule has 25 heavy (non-hydrogen) atoms. The van der Waals surface area contributed by atoms with E-state index in [0.717, 1.165) is 25.2 Å². The van der Waals surface area contributed by atoms with Gasteiger partial charge in [-0.1, -0.05) is 6.07 Å². The van der Waals surface area contributed by atoms with Crippen molar-refractivity contribution in [2.24, 2.45) is 5.92 Å². The van der Waals surface area contributed by atoms with Crippen molar-refractivity contribution in [1.29, 1.82) is 0 Å². The van der Waals surface area contributed by atoms with Crippen molar-refractivity contribution in [1.82, 2.24) is 14.8 Å². The predicted molar refractivity (Wildman–Crippen MR) is 91.2 cm³/mol. The van der Waals surface area contributed by atoms with E-state index in [1.165, 1.54) is 0 Å². The van der Waals surface area contributed by atoms with E-state index >= 15 is 0 Å². The summed E-state index contributed by atoms with van der Waals surface area (Å²) in [5.41, 5.74) is 0.571. The molecule has 1 unspecified atom stereocenters. The molecule has 0 aliphatic carbocycles. The highest BCUT2D eigenvalue weighted by Gasteiger charge is 2.55. The Morgan fingerprint density at radius 1 is 1.40 bits per heavy atom. The van der Waals surface area contributed by atoms with E-state index in [1.807, 2.05) is 25.3 Å². The van der Waals surface area contributed by atoms with Crippen LogP contribution in [0.1, 0.15) is 31.7 Å². The number of carboxylic acid groups (broad SMARTS) is 1. The van der Waals surface area contributed by atoms with Gasteiger partial charge in [0.1, 0.15) is 0 Å². The number of ether oxygens (including phenoxy) is 1. The van der Waals surface area contributed by atoms with Crippen molar-refractivity contribution in [2.75, 3.05) is 26.7 Å². The van der Waals surface area contributed by atoms with E-state index in [-0.39, 0.29) is 12.3 Å². The van der Waals surface area contributed by atoms with E-state index in [4.69, 9.17) is 4.74 Å². The maximum Gasteiger partial charge on any atom is 0.309 e. The molecule has 1 N–H and O–H groups in total. The Hall–Kier alpha value is -2.15. The van der Waals surface area contributed by atoms with Gasteiger partial charge in [-0.05, 0) is 25.3 Å². The number of pyridine rings is 1. The first-order chi connectivity index (χ1) is 12.0. The first-order valence-corrected chi connectivity index (χ1v) is 8.76. The van der Waals surface area contributed by atoms with Crippen molar-refractivity contribution in [3.05, 3.63) is 23.9 Å². The van der Waals surface area contributed by atoms with Crippen LogP contribution in [0.3, 0.4) is 0 Å². The largest absolute Gasteiger partial charge is 0.481 e. The van der Waals surface area contributed by atoms with E-state index in [0.29, 0.717) is 25.3 Å². The van der Waals surface area contributed by atoms with Crippen LogP contribution in [0.15, 0.2) is 18.3 Å². The number of aromatic nitrogens is 1. The molecule has 1 spiro atoms. The molecular formula is C18H25N3O4. The first-order valence-electron chi connectivity index (χ1n) is 8.76. The van der Waals surface area contributed by atoms with Crippen molar-refractivity contribution in [3.63, 3.8) is 0 Å². The lowest BCUT2D eigenvalue weighted by atomic mass is 9.77. The number of amides is 1. The summed E-state index contributed by atoms with van der Waals surface area (Å²) >= 11 is 0. The van der Waals surface area contributed by atoms with Crippen molar-refractivity contribution in [2.45, 2.75) is 38.3 Å². The van der Waals surface area contributed by atoms with E-state index in [9.17, 15) is 14.7 Å². The Bertz CT molecular complexity index is 638. The number of hydrogen-bond donors (Lipinski definition) is 1. The number of carboxylic acids is 1. The van der Waals surface area contributed by atoms with Crippen LogP contribution in [0.25, 0.3) is 0 Å². The molecule has 0 aromatic carbocycles. The number of aliphatic carboxylic acids is 1. The molecule has 3 heterocycles. The van der Waals surface area contributed by atoms with Gasteiger partial charge >= 0.3 is 5.97 Å². The maximum absolute atomic E-state index is 12.0. The molecule has 1 aromatic heterocycles. The summed E-state index contributed by atoms with van der Waals surface area (Å²) in [6, 6.07) is 3.88. The Balaban J connectivity index is 1.63. The molecule has 2 fully saturated rings. The van der Waals surface area contributed by atoms with Crippen molar-refractivity contribution >= 4 is 11.9 Å². The van der Waals surface area contributed by atoms with E-state index in [2.05, 4.69) is 9.88 Å². The summed E-state index contributed by atoms with van der Waals surface area (Å²) in [5.74, 6) is -0.892. The average Bonchev–Trinajstić information content (AvgIpc) is 2.84. The van der Waals surface area contributed by atoms with Crippen molar-refractivity contribution < 1.29 is 19.4 Å². The first kappa shape index (κ1) is 17.7. The fraction of sp³-hybridized carbons (Fsp3) is 0.611. The van der Waals surface area contributed by atoms with E-state index in [1.54, 1.807) is 11.9 Å². The predicted octanol–water partition coefficient (Wildman–Crippen LogP) is 1.38. The second kappa shape index (κ2) is 7.00. The van der Waals surface area contributed by atoms with Gasteiger partial charge in [0.05, 0.1) is 18.1 Å². The number of rotatable bonds is 5. The molecule has 1 aromatic rings. The standard InChI is InChI=1S/C18H25N3O4/c1-3-25-15-5-4-13(11-19-15)12-21-8-6-18(7-9-21)14(17(23)24)10-16(22)20(18)2/h4-5,11,14H,3,6-10,12H2,1-2H3,(H,23,24). The maximum atomic E-state index is 12.0. The van der Waals surface area contributed by atoms with Gasteiger partial charge in [-0.15, -0.1) is 0 Å². The smallest absolute Gasteiger partial charge is 0.309 e. The molecule has 2 saturated heterocycles. The summed E-state index contributed by atoms with van der Waals surface area (Å²) in [7, 11) is 1.75. The van der Waals surface area contributed by atoms with Crippen LogP contribution >= 0.6 is 0 Å². The lowest BCUT2D eigenvalue weighted by molar-refractivity contribution is -0.146. The number of hydrogen-bond acceptors (Lipinski definition) is 5. The van der Waals surface area contributed by atoms with Gasteiger partial charge in [0, 0.05) is 45.4 Å². The quantitative estimate of drug-likeness (QED) is 0.866. The monoisotopic (exact) mass is 347 g/mol. The minimum atomic E-state index is -0.859. The topological polar surface area (TPSA) is 83.0 Å². The number of carbonyl (C=O) groups excluding carboxylic acids is 1. The van der Waals surface area contributed by atoms with Crippen LogP contribution in [0.2, 0.25) is 0 Å². The van der Waals surface area contributed by atoms with E-state index < -0.39 is 17.4 Å². The van der Waals surface area contributed by atoms with Gasteiger partial charge in [0.15, 0.2) is 0 Å². The molecule has 3 rings (SSSR count). The third-order valence-corrected chi connectivity index (χ3v) is 5.59. The zero-order chi connectivity index (χ0) is 18.0. The summed E-state index contributed by atoms with van der Waals surface area (Å²) in [5, 5.41) is 9.52. The Morgan fingerprint density at radius 3 is 2.68 bits per heavy atom. The average molecular weight is 347 g/mol. The number of carbonyl (C=O) groups is 2. The van der Waals surface area contributed by atoms with Gasteiger partial charge in [0.2, 0.25) is 11.8 Å². The third kappa shape index (κ3) is 3.33. The molecule has 7 nitrogen and oxygen atoms in total. The third-order valence-electron chi connectivity index (χ3n) is 5.59. The minimum Gasteiger partial charge on any atom is -0.481 e. The molecule has 0 radical (unpaired) electrons. The van der Waals surface area contributed by atoms with Gasteiger partial charge in [0.25, 0.3) is 0 Å². The summed E-state index contributed by atoms with van der Waals surface area (Å²) < 4.78 is 5.35. The SMILES string of the molecule is CCOc1ccc(CN2CCC3(CC2)C(C(=O)O)CC(=O)N3C)cn1. The van der Waals surface area contributed by atoms with Gasteiger partial charge in [-0.2, -0.15) is 0 Å². The highest BCUT2D eigenvalue weighted by molar-refractivity contribution is 5.88. The summed E-state index contributed by atoms with van der Waals surface area (Å²) in [4.78, 5) is 31.9. The molecule has 136 valence electrons. The molecule has 1 atom stereocenters. The summed E-state index contributed by atoms with van der Waals surface area (Å²) in [6.07, 6.45) is 3.32. The second-order valence-corrected chi connectivity index (χ2v) is 6.87. The highest BCUT2D eigenvalue weighted by Crippen LogP contribution is 2.42. The molecule has 2 aliphatic rings. The van der Waals surface area contributed by atoms with Crippen LogP contribution in [0, 0.1) is 5.92 Å². The lowest BCUT2D eigenvalue weighted by Crippen LogP contribution is -2.55. The zero-order valence-electron chi connectivity index (χ0n) is 14.8. The lowest BCUT2D eigenvalue weighted by Gasteiger charge is -2.45. The molecular weight excluding hydrogens is 322 g/mol. The fourth-order valence-corrected chi connectivity index (χ4v) is 4.08. The van der Waals surface area contributed by atoms with Crippen LogP contribution in [-0.4, -0.2) is 64.0 Å². The van der Waals surface area contributed by atoms with Crippen LogP contribution in [-0.2, 0) is 16.1 Å². The van der Waals surface area contributed by atoms with Gasteiger partial charge in [-0.3, -0.25) is 14.5 Å².